The number of aromatic nitrogens is 4. The van der Waals surface area contributed by atoms with Crippen molar-refractivity contribution in [1.82, 2.24) is 25.5 Å². The van der Waals surface area contributed by atoms with E-state index in [0.717, 1.165) is 12.4 Å². The fourth-order valence-electron chi connectivity index (χ4n) is 2.03. The van der Waals surface area contributed by atoms with Crippen LogP contribution in [-0.4, -0.2) is 26.8 Å². The molecule has 1 heterocycles. The number of hydrogen-bond donors (Lipinski definition) is 1. The van der Waals surface area contributed by atoms with Crippen LogP contribution < -0.4 is 5.32 Å². The number of nitrogens with zero attached hydrogens (tertiary/aromatic N) is 4. The third kappa shape index (κ3) is 2.56. The second-order valence-corrected chi connectivity index (χ2v) is 4.35. The number of nitrogens with one attached hydrogen (secondary N) is 1. The van der Waals surface area contributed by atoms with Gasteiger partial charge in [0, 0.05) is 0 Å². The number of rotatable bonds is 5. The molecule has 5 nitrogen and oxygen atoms in total. The van der Waals surface area contributed by atoms with Crippen molar-refractivity contribution in [3.63, 3.8) is 0 Å². The Labute approximate surface area is 107 Å². The molecule has 0 fully saturated rings. The third-order valence-electron chi connectivity index (χ3n) is 3.06. The van der Waals surface area contributed by atoms with Crippen molar-refractivity contribution in [2.24, 2.45) is 0 Å². The Hall–Kier alpha value is -1.75. The lowest BCUT2D eigenvalue weighted by atomic mass is 10.1. The molecule has 2 unspecified atom stereocenters. The van der Waals surface area contributed by atoms with Crippen molar-refractivity contribution in [2.45, 2.75) is 32.9 Å². The van der Waals surface area contributed by atoms with Gasteiger partial charge in [0.05, 0.1) is 12.1 Å². The van der Waals surface area contributed by atoms with E-state index >= 15 is 0 Å². The van der Waals surface area contributed by atoms with Crippen molar-refractivity contribution in [1.29, 1.82) is 0 Å². The molecule has 1 aromatic carbocycles. The smallest absolute Gasteiger partial charge is 0.168 e. The predicted molar refractivity (Wildman–Crippen MR) is 70.2 cm³/mol. The zero-order valence-corrected chi connectivity index (χ0v) is 11.0. The summed E-state index contributed by atoms with van der Waals surface area (Å²) in [5, 5.41) is 15.4. The van der Waals surface area contributed by atoms with Gasteiger partial charge in [-0.3, -0.25) is 0 Å². The summed E-state index contributed by atoms with van der Waals surface area (Å²) in [6.45, 7) is 7.15. The molecule has 0 aliphatic carbocycles. The lowest BCUT2D eigenvalue weighted by molar-refractivity contribution is 0.471. The van der Waals surface area contributed by atoms with Crippen LogP contribution >= 0.6 is 0 Å². The van der Waals surface area contributed by atoms with E-state index in [1.54, 1.807) is 0 Å². The SMILES string of the molecule is CCNC(C)c1nnnn1C(C)c1ccccc1. The number of benzene rings is 1. The maximum atomic E-state index is 4.12. The fourth-order valence-corrected chi connectivity index (χ4v) is 2.03. The Balaban J connectivity index is 2.26. The Bertz CT molecular complexity index is 479. The first kappa shape index (κ1) is 12.7. The van der Waals surface area contributed by atoms with Crippen LogP contribution in [0.1, 0.15) is 44.2 Å². The average Bonchev–Trinajstić information content (AvgIpc) is 2.88. The van der Waals surface area contributed by atoms with Crippen LogP contribution in [-0.2, 0) is 0 Å². The van der Waals surface area contributed by atoms with Gasteiger partial charge >= 0.3 is 0 Å². The molecule has 5 heteroatoms. The second kappa shape index (κ2) is 5.73. The van der Waals surface area contributed by atoms with Gasteiger partial charge < -0.3 is 5.32 Å². The minimum absolute atomic E-state index is 0.136. The minimum atomic E-state index is 0.136. The molecule has 0 radical (unpaired) electrons. The molecule has 0 amide bonds. The molecular weight excluding hydrogens is 226 g/mol. The molecule has 1 aromatic heterocycles. The van der Waals surface area contributed by atoms with E-state index in [2.05, 4.69) is 53.7 Å². The maximum absolute atomic E-state index is 4.12. The lowest BCUT2D eigenvalue weighted by Gasteiger charge is -2.17. The van der Waals surface area contributed by atoms with Crippen LogP contribution in [0.15, 0.2) is 30.3 Å². The van der Waals surface area contributed by atoms with Gasteiger partial charge in [0.1, 0.15) is 0 Å². The molecule has 0 aliphatic heterocycles. The van der Waals surface area contributed by atoms with Gasteiger partial charge in [-0.25, -0.2) is 4.68 Å². The zero-order valence-electron chi connectivity index (χ0n) is 11.0. The highest BCUT2D eigenvalue weighted by Gasteiger charge is 2.18. The van der Waals surface area contributed by atoms with Crippen molar-refractivity contribution in [3.8, 4) is 0 Å². The standard InChI is InChI=1S/C13H19N5/c1-4-14-10(2)13-15-16-17-18(13)11(3)12-8-6-5-7-9-12/h5-11,14H,4H2,1-3H3. The van der Waals surface area contributed by atoms with Crippen molar-refractivity contribution in [3.05, 3.63) is 41.7 Å². The fraction of sp³-hybridized carbons (Fsp3) is 0.462. The van der Waals surface area contributed by atoms with Gasteiger partial charge in [-0.1, -0.05) is 37.3 Å². The Morgan fingerprint density at radius 3 is 2.61 bits per heavy atom. The number of tetrazole rings is 1. The highest BCUT2D eigenvalue weighted by atomic mass is 15.6. The van der Waals surface area contributed by atoms with Crippen LogP contribution in [0.5, 0.6) is 0 Å². The molecule has 0 aliphatic rings. The lowest BCUT2D eigenvalue weighted by Crippen LogP contribution is -2.23. The molecule has 0 bridgehead atoms. The zero-order chi connectivity index (χ0) is 13.0. The van der Waals surface area contributed by atoms with Gasteiger partial charge in [0.25, 0.3) is 0 Å². The van der Waals surface area contributed by atoms with E-state index in [1.165, 1.54) is 5.56 Å². The summed E-state index contributed by atoms with van der Waals surface area (Å²) in [6.07, 6.45) is 0. The monoisotopic (exact) mass is 245 g/mol. The summed E-state index contributed by atoms with van der Waals surface area (Å²) in [6, 6.07) is 10.5. The van der Waals surface area contributed by atoms with Crippen molar-refractivity contribution >= 4 is 0 Å². The van der Waals surface area contributed by atoms with Gasteiger partial charge in [-0.2, -0.15) is 0 Å². The van der Waals surface area contributed by atoms with E-state index in [4.69, 9.17) is 0 Å². The van der Waals surface area contributed by atoms with Gasteiger partial charge in [-0.05, 0) is 36.4 Å². The van der Waals surface area contributed by atoms with Crippen LogP contribution in [0.4, 0.5) is 0 Å². The average molecular weight is 245 g/mol. The van der Waals surface area contributed by atoms with Gasteiger partial charge in [-0.15, -0.1) is 5.10 Å². The molecule has 2 rings (SSSR count). The molecular formula is C13H19N5. The largest absolute Gasteiger partial charge is 0.308 e. The second-order valence-electron chi connectivity index (χ2n) is 4.35. The summed E-state index contributed by atoms with van der Waals surface area (Å²) in [5.74, 6) is 0.869. The summed E-state index contributed by atoms with van der Waals surface area (Å²) < 4.78 is 1.88. The molecule has 96 valence electrons. The van der Waals surface area contributed by atoms with Crippen LogP contribution in [0.2, 0.25) is 0 Å². The van der Waals surface area contributed by atoms with Crippen molar-refractivity contribution in [2.75, 3.05) is 6.54 Å². The van der Waals surface area contributed by atoms with Crippen LogP contribution in [0.25, 0.3) is 0 Å². The van der Waals surface area contributed by atoms with E-state index in [-0.39, 0.29) is 12.1 Å². The van der Waals surface area contributed by atoms with Crippen LogP contribution in [0.3, 0.4) is 0 Å². The first-order valence-corrected chi connectivity index (χ1v) is 6.30. The van der Waals surface area contributed by atoms with E-state index < -0.39 is 0 Å². The first-order chi connectivity index (χ1) is 8.74. The normalized spacial score (nSPS) is 14.4. The predicted octanol–water partition coefficient (Wildman–Crippen LogP) is 1.95. The van der Waals surface area contributed by atoms with E-state index in [1.807, 2.05) is 22.9 Å². The quantitative estimate of drug-likeness (QED) is 0.874. The third-order valence-corrected chi connectivity index (χ3v) is 3.06. The summed E-state index contributed by atoms with van der Waals surface area (Å²) >= 11 is 0. The Morgan fingerprint density at radius 2 is 1.94 bits per heavy atom. The maximum Gasteiger partial charge on any atom is 0.168 e. The molecule has 0 saturated heterocycles. The summed E-state index contributed by atoms with van der Waals surface area (Å²) in [7, 11) is 0. The molecule has 1 N–H and O–H groups in total. The van der Waals surface area contributed by atoms with Gasteiger partial charge in [0.15, 0.2) is 5.82 Å². The van der Waals surface area contributed by atoms with Gasteiger partial charge in [0.2, 0.25) is 0 Å². The van der Waals surface area contributed by atoms with Crippen LogP contribution in [0, 0.1) is 0 Å². The molecule has 0 saturated carbocycles. The highest BCUT2D eigenvalue weighted by Crippen LogP contribution is 2.19. The molecule has 2 aromatic rings. The topological polar surface area (TPSA) is 55.6 Å². The molecule has 0 spiro atoms. The molecule has 18 heavy (non-hydrogen) atoms. The highest BCUT2D eigenvalue weighted by molar-refractivity contribution is 5.19. The molecule has 2 atom stereocenters. The van der Waals surface area contributed by atoms with E-state index in [9.17, 15) is 0 Å². The van der Waals surface area contributed by atoms with Crippen molar-refractivity contribution < 1.29 is 0 Å². The first-order valence-electron chi connectivity index (χ1n) is 6.30. The van der Waals surface area contributed by atoms with E-state index in [0.29, 0.717) is 0 Å². The Kier molecular flexibility index (Phi) is 4.04. The Morgan fingerprint density at radius 1 is 1.22 bits per heavy atom. The minimum Gasteiger partial charge on any atom is -0.308 e. The summed E-state index contributed by atoms with van der Waals surface area (Å²) in [5.41, 5.74) is 1.20. The number of hydrogen-bond acceptors (Lipinski definition) is 4. The summed E-state index contributed by atoms with van der Waals surface area (Å²) in [4.78, 5) is 0.